The lowest BCUT2D eigenvalue weighted by Crippen LogP contribution is -2.45. The van der Waals surface area contributed by atoms with Gasteiger partial charge in [-0.25, -0.2) is 4.79 Å². The van der Waals surface area contributed by atoms with Gasteiger partial charge in [-0.2, -0.15) is 0 Å². The summed E-state index contributed by atoms with van der Waals surface area (Å²) in [6.45, 7) is 1.94. The molecule has 1 atom stereocenters. The average Bonchev–Trinajstić information content (AvgIpc) is 2.54. The Bertz CT molecular complexity index is 617. The molecular weight excluding hydrogens is 282 g/mol. The van der Waals surface area contributed by atoms with Crippen LogP contribution in [0.4, 0.5) is 4.79 Å². The van der Waals surface area contributed by atoms with Crippen molar-refractivity contribution < 1.29 is 14.3 Å². The Morgan fingerprint density at radius 1 is 1.18 bits per heavy atom. The van der Waals surface area contributed by atoms with Gasteiger partial charge in [0.25, 0.3) is 0 Å². The van der Waals surface area contributed by atoms with Crippen molar-refractivity contribution in [2.45, 2.75) is 19.5 Å². The first-order chi connectivity index (χ1) is 10.6. The fourth-order valence-corrected chi connectivity index (χ4v) is 1.71. The molecular formula is C16H17N3O3. The zero-order chi connectivity index (χ0) is 15.8. The van der Waals surface area contributed by atoms with Crippen molar-refractivity contribution in [1.82, 2.24) is 15.6 Å². The molecule has 2 aromatic rings. The van der Waals surface area contributed by atoms with Crippen LogP contribution in [-0.2, 0) is 11.3 Å². The van der Waals surface area contributed by atoms with E-state index < -0.39 is 12.1 Å². The molecule has 0 aliphatic heterocycles. The van der Waals surface area contributed by atoms with Crippen LogP contribution in [0, 0.1) is 0 Å². The van der Waals surface area contributed by atoms with Crippen molar-refractivity contribution in [2.24, 2.45) is 0 Å². The van der Waals surface area contributed by atoms with Gasteiger partial charge in [0.2, 0.25) is 5.91 Å². The van der Waals surface area contributed by atoms with Crippen LogP contribution in [0.15, 0.2) is 54.9 Å². The number of carbonyl (C=O) groups excluding carboxylic acids is 2. The Morgan fingerprint density at radius 3 is 2.64 bits per heavy atom. The molecule has 0 spiro atoms. The molecule has 114 valence electrons. The van der Waals surface area contributed by atoms with Gasteiger partial charge in [-0.15, -0.1) is 0 Å². The average molecular weight is 299 g/mol. The van der Waals surface area contributed by atoms with E-state index in [-0.39, 0.29) is 5.91 Å². The van der Waals surface area contributed by atoms with Crippen LogP contribution < -0.4 is 15.4 Å². The molecule has 0 radical (unpaired) electrons. The monoisotopic (exact) mass is 299 g/mol. The minimum Gasteiger partial charge on any atom is -0.410 e. The molecule has 1 aromatic carbocycles. The highest BCUT2D eigenvalue weighted by atomic mass is 16.6. The maximum absolute atomic E-state index is 11.9. The van der Waals surface area contributed by atoms with E-state index in [0.717, 1.165) is 5.56 Å². The summed E-state index contributed by atoms with van der Waals surface area (Å²) in [5.41, 5.74) is 0.884. The van der Waals surface area contributed by atoms with Crippen LogP contribution >= 0.6 is 0 Å². The van der Waals surface area contributed by atoms with Gasteiger partial charge in [-0.3, -0.25) is 9.78 Å². The third-order valence-electron chi connectivity index (χ3n) is 2.87. The number of para-hydroxylation sites is 1. The SMILES string of the molecule is C[C@H](NC(=O)Oc1ccccc1)C(=O)NCc1cccnc1. The predicted molar refractivity (Wildman–Crippen MR) is 81.1 cm³/mol. The summed E-state index contributed by atoms with van der Waals surface area (Å²) in [5.74, 6) is 0.122. The first-order valence-corrected chi connectivity index (χ1v) is 6.85. The number of nitrogens with zero attached hydrogens (tertiary/aromatic N) is 1. The van der Waals surface area contributed by atoms with Crippen molar-refractivity contribution in [3.05, 3.63) is 60.4 Å². The second kappa shape index (κ2) is 7.78. The van der Waals surface area contributed by atoms with E-state index in [2.05, 4.69) is 15.6 Å². The van der Waals surface area contributed by atoms with Crippen LogP contribution in [0.3, 0.4) is 0 Å². The van der Waals surface area contributed by atoms with Gasteiger partial charge in [0.1, 0.15) is 11.8 Å². The normalized spacial score (nSPS) is 11.3. The second-order valence-corrected chi connectivity index (χ2v) is 4.65. The van der Waals surface area contributed by atoms with E-state index in [1.54, 1.807) is 49.6 Å². The minimum atomic E-state index is -0.701. The van der Waals surface area contributed by atoms with Gasteiger partial charge in [0, 0.05) is 18.9 Å². The van der Waals surface area contributed by atoms with Crippen molar-refractivity contribution in [3.8, 4) is 5.75 Å². The summed E-state index contributed by atoms with van der Waals surface area (Å²) in [6, 6.07) is 11.6. The van der Waals surface area contributed by atoms with E-state index in [0.29, 0.717) is 12.3 Å². The molecule has 6 heteroatoms. The third kappa shape index (κ3) is 4.90. The summed E-state index contributed by atoms with van der Waals surface area (Å²) in [5, 5.41) is 5.19. The molecule has 0 bridgehead atoms. The third-order valence-corrected chi connectivity index (χ3v) is 2.87. The number of pyridine rings is 1. The number of benzene rings is 1. The largest absolute Gasteiger partial charge is 0.413 e. The molecule has 2 rings (SSSR count). The summed E-state index contributed by atoms with van der Waals surface area (Å²) in [6.07, 6.45) is 2.66. The quantitative estimate of drug-likeness (QED) is 0.883. The Morgan fingerprint density at radius 2 is 1.95 bits per heavy atom. The highest BCUT2D eigenvalue weighted by Gasteiger charge is 2.16. The van der Waals surface area contributed by atoms with Crippen LogP contribution in [0.2, 0.25) is 0 Å². The van der Waals surface area contributed by atoms with Crippen molar-refractivity contribution in [1.29, 1.82) is 0 Å². The lowest BCUT2D eigenvalue weighted by molar-refractivity contribution is -0.122. The molecule has 22 heavy (non-hydrogen) atoms. The van der Waals surface area contributed by atoms with E-state index in [4.69, 9.17) is 4.74 Å². The van der Waals surface area contributed by atoms with Gasteiger partial charge < -0.3 is 15.4 Å². The number of ether oxygens (including phenoxy) is 1. The molecule has 0 aliphatic carbocycles. The highest BCUT2D eigenvalue weighted by Crippen LogP contribution is 2.08. The van der Waals surface area contributed by atoms with Crippen LogP contribution in [0.5, 0.6) is 5.75 Å². The maximum Gasteiger partial charge on any atom is 0.413 e. The van der Waals surface area contributed by atoms with E-state index >= 15 is 0 Å². The molecule has 0 saturated heterocycles. The molecule has 6 nitrogen and oxygen atoms in total. The van der Waals surface area contributed by atoms with Gasteiger partial charge >= 0.3 is 6.09 Å². The smallest absolute Gasteiger partial charge is 0.410 e. The second-order valence-electron chi connectivity index (χ2n) is 4.65. The van der Waals surface area contributed by atoms with Gasteiger partial charge in [0.05, 0.1) is 0 Å². The fraction of sp³-hybridized carbons (Fsp3) is 0.188. The summed E-state index contributed by atoms with van der Waals surface area (Å²) in [7, 11) is 0. The van der Waals surface area contributed by atoms with Crippen molar-refractivity contribution in [2.75, 3.05) is 0 Å². The molecule has 2 amide bonds. The summed E-state index contributed by atoms with van der Waals surface area (Å²) >= 11 is 0. The Labute approximate surface area is 128 Å². The van der Waals surface area contributed by atoms with Crippen molar-refractivity contribution in [3.63, 3.8) is 0 Å². The topological polar surface area (TPSA) is 80.3 Å². The highest BCUT2D eigenvalue weighted by molar-refractivity contribution is 5.85. The Balaban J connectivity index is 1.77. The number of rotatable bonds is 5. The first kappa shape index (κ1) is 15.5. The molecule has 2 N–H and O–H groups in total. The molecule has 1 aromatic heterocycles. The fourth-order valence-electron chi connectivity index (χ4n) is 1.71. The van der Waals surface area contributed by atoms with E-state index in [9.17, 15) is 9.59 Å². The van der Waals surface area contributed by atoms with Crippen LogP contribution in [0.1, 0.15) is 12.5 Å². The molecule has 0 fully saturated rings. The Hall–Kier alpha value is -2.89. The van der Waals surface area contributed by atoms with E-state index in [1.165, 1.54) is 0 Å². The van der Waals surface area contributed by atoms with Gasteiger partial charge in [-0.05, 0) is 30.7 Å². The Kier molecular flexibility index (Phi) is 5.48. The number of hydrogen-bond acceptors (Lipinski definition) is 4. The number of amides is 2. The first-order valence-electron chi connectivity index (χ1n) is 6.85. The summed E-state index contributed by atoms with van der Waals surface area (Å²) < 4.78 is 5.06. The van der Waals surface area contributed by atoms with E-state index in [1.807, 2.05) is 12.1 Å². The van der Waals surface area contributed by atoms with Crippen LogP contribution in [-0.4, -0.2) is 23.0 Å². The summed E-state index contributed by atoms with van der Waals surface area (Å²) in [4.78, 5) is 27.5. The van der Waals surface area contributed by atoms with Gasteiger partial charge in [-0.1, -0.05) is 24.3 Å². The molecule has 0 unspecified atom stereocenters. The predicted octanol–water partition coefficient (Wildman–Crippen LogP) is 1.87. The standard InChI is InChI=1S/C16H17N3O3/c1-12(15(20)18-11-13-6-5-9-17-10-13)19-16(21)22-14-7-3-2-4-8-14/h2-10,12H,11H2,1H3,(H,18,20)(H,19,21)/t12-/m0/s1. The zero-order valence-corrected chi connectivity index (χ0v) is 12.2. The maximum atomic E-state index is 11.9. The minimum absolute atomic E-state index is 0.297. The zero-order valence-electron chi connectivity index (χ0n) is 12.2. The molecule has 0 aliphatic rings. The van der Waals surface area contributed by atoms with Gasteiger partial charge in [0.15, 0.2) is 0 Å². The molecule has 1 heterocycles. The molecule has 0 saturated carbocycles. The van der Waals surface area contributed by atoms with Crippen LogP contribution in [0.25, 0.3) is 0 Å². The number of carbonyl (C=O) groups is 2. The lowest BCUT2D eigenvalue weighted by atomic mass is 10.2. The number of aromatic nitrogens is 1. The van der Waals surface area contributed by atoms with Crippen molar-refractivity contribution >= 4 is 12.0 Å². The lowest BCUT2D eigenvalue weighted by Gasteiger charge is -2.14. The number of nitrogens with one attached hydrogen (secondary N) is 2. The number of hydrogen-bond donors (Lipinski definition) is 2.